The minimum atomic E-state index is 0.416. The molecule has 0 aliphatic rings. The molecule has 5 heteroatoms. The van der Waals surface area contributed by atoms with Crippen LogP contribution in [0.15, 0.2) is 24.5 Å². The third-order valence-electron chi connectivity index (χ3n) is 2.57. The molecule has 2 aromatic heterocycles. The molecular weight excluding hydrogens is 214 g/mol. The van der Waals surface area contributed by atoms with Crippen molar-refractivity contribution in [1.82, 2.24) is 24.9 Å². The zero-order valence-corrected chi connectivity index (χ0v) is 10.6. The lowest BCUT2D eigenvalue weighted by Crippen LogP contribution is -2.14. The molecule has 1 N–H and O–H groups in total. The van der Waals surface area contributed by atoms with E-state index in [1.54, 1.807) is 0 Å². The van der Waals surface area contributed by atoms with Gasteiger partial charge in [0.25, 0.3) is 0 Å². The maximum Gasteiger partial charge on any atom is 0.0762 e. The SMILES string of the molecule is CC(C)n1ccc(CNCc2ccn(C)n2)n1. The molecule has 0 aromatic carbocycles. The molecule has 2 aromatic rings. The van der Waals surface area contributed by atoms with Crippen molar-refractivity contribution in [2.24, 2.45) is 7.05 Å². The van der Waals surface area contributed by atoms with Gasteiger partial charge in [-0.3, -0.25) is 9.36 Å². The van der Waals surface area contributed by atoms with E-state index in [1.165, 1.54) is 0 Å². The Balaban J connectivity index is 1.81. The van der Waals surface area contributed by atoms with Crippen molar-refractivity contribution in [3.05, 3.63) is 35.9 Å². The van der Waals surface area contributed by atoms with Crippen molar-refractivity contribution in [3.8, 4) is 0 Å². The average molecular weight is 233 g/mol. The van der Waals surface area contributed by atoms with Crippen LogP contribution in [0.5, 0.6) is 0 Å². The minimum absolute atomic E-state index is 0.416. The Bertz CT molecular complexity index is 469. The lowest BCUT2D eigenvalue weighted by Gasteiger charge is -2.04. The van der Waals surface area contributed by atoms with Crippen LogP contribution in [0.3, 0.4) is 0 Å². The van der Waals surface area contributed by atoms with Crippen molar-refractivity contribution in [1.29, 1.82) is 0 Å². The Morgan fingerprint density at radius 1 is 1.12 bits per heavy atom. The fraction of sp³-hybridized carbons (Fsp3) is 0.500. The third-order valence-corrected chi connectivity index (χ3v) is 2.57. The molecule has 5 nitrogen and oxygen atoms in total. The number of nitrogens with zero attached hydrogens (tertiary/aromatic N) is 4. The van der Waals surface area contributed by atoms with E-state index in [9.17, 15) is 0 Å². The molecule has 0 bridgehead atoms. The van der Waals surface area contributed by atoms with E-state index >= 15 is 0 Å². The zero-order chi connectivity index (χ0) is 12.3. The Hall–Kier alpha value is -1.62. The molecule has 0 amide bonds. The molecule has 0 atom stereocenters. The van der Waals surface area contributed by atoms with E-state index in [2.05, 4.69) is 29.4 Å². The highest BCUT2D eigenvalue weighted by atomic mass is 15.3. The van der Waals surface area contributed by atoms with Crippen LogP contribution in [0.4, 0.5) is 0 Å². The highest BCUT2D eigenvalue weighted by Gasteiger charge is 2.02. The molecule has 0 fully saturated rings. The van der Waals surface area contributed by atoms with Crippen LogP contribution in [-0.4, -0.2) is 19.6 Å². The molecule has 92 valence electrons. The molecule has 0 spiro atoms. The maximum absolute atomic E-state index is 4.47. The van der Waals surface area contributed by atoms with Gasteiger partial charge >= 0.3 is 0 Å². The summed E-state index contributed by atoms with van der Waals surface area (Å²) in [7, 11) is 1.92. The van der Waals surface area contributed by atoms with Gasteiger partial charge in [0, 0.05) is 38.6 Å². The van der Waals surface area contributed by atoms with E-state index in [0.29, 0.717) is 6.04 Å². The number of hydrogen-bond donors (Lipinski definition) is 1. The fourth-order valence-electron chi connectivity index (χ4n) is 1.64. The van der Waals surface area contributed by atoms with E-state index < -0.39 is 0 Å². The van der Waals surface area contributed by atoms with Crippen molar-refractivity contribution >= 4 is 0 Å². The summed E-state index contributed by atoms with van der Waals surface area (Å²) in [5, 5.41) is 12.1. The number of nitrogens with one attached hydrogen (secondary N) is 1. The van der Waals surface area contributed by atoms with Gasteiger partial charge in [-0.2, -0.15) is 10.2 Å². The molecular formula is C12H19N5. The number of hydrogen-bond acceptors (Lipinski definition) is 3. The zero-order valence-electron chi connectivity index (χ0n) is 10.6. The molecule has 0 radical (unpaired) electrons. The predicted octanol–water partition coefficient (Wildman–Crippen LogP) is 1.49. The van der Waals surface area contributed by atoms with E-state index in [-0.39, 0.29) is 0 Å². The van der Waals surface area contributed by atoms with Gasteiger partial charge in [-0.1, -0.05) is 0 Å². The summed E-state index contributed by atoms with van der Waals surface area (Å²) >= 11 is 0. The quantitative estimate of drug-likeness (QED) is 0.851. The average Bonchev–Trinajstić information content (AvgIpc) is 2.88. The van der Waals surface area contributed by atoms with Crippen LogP contribution in [0.2, 0.25) is 0 Å². The molecule has 0 unspecified atom stereocenters. The second-order valence-corrected chi connectivity index (χ2v) is 4.47. The van der Waals surface area contributed by atoms with Crippen LogP contribution in [0.25, 0.3) is 0 Å². The lowest BCUT2D eigenvalue weighted by atomic mass is 10.4. The summed E-state index contributed by atoms with van der Waals surface area (Å²) in [5.74, 6) is 0. The van der Waals surface area contributed by atoms with Crippen LogP contribution in [0.1, 0.15) is 31.3 Å². The van der Waals surface area contributed by atoms with Gasteiger partial charge in [0.05, 0.1) is 11.4 Å². The summed E-state index contributed by atoms with van der Waals surface area (Å²) in [6, 6.07) is 4.48. The van der Waals surface area contributed by atoms with Crippen LogP contribution < -0.4 is 5.32 Å². The lowest BCUT2D eigenvalue weighted by molar-refractivity contribution is 0.521. The van der Waals surface area contributed by atoms with Crippen molar-refractivity contribution < 1.29 is 0 Å². The summed E-state index contributed by atoms with van der Waals surface area (Å²) in [6.45, 7) is 5.79. The van der Waals surface area contributed by atoms with Crippen molar-refractivity contribution in [2.45, 2.75) is 33.0 Å². The largest absolute Gasteiger partial charge is 0.305 e. The van der Waals surface area contributed by atoms with Gasteiger partial charge in [0.1, 0.15) is 0 Å². The monoisotopic (exact) mass is 233 g/mol. The Morgan fingerprint density at radius 2 is 1.76 bits per heavy atom. The topological polar surface area (TPSA) is 47.7 Å². The van der Waals surface area contributed by atoms with E-state index in [4.69, 9.17) is 0 Å². The molecule has 2 heterocycles. The van der Waals surface area contributed by atoms with E-state index in [0.717, 1.165) is 24.5 Å². The maximum atomic E-state index is 4.47. The molecule has 0 saturated heterocycles. The van der Waals surface area contributed by atoms with Gasteiger partial charge in [0.2, 0.25) is 0 Å². The molecule has 0 saturated carbocycles. The van der Waals surface area contributed by atoms with Gasteiger partial charge in [-0.25, -0.2) is 0 Å². The third kappa shape index (κ3) is 3.17. The summed E-state index contributed by atoms with van der Waals surface area (Å²) in [5.41, 5.74) is 2.12. The normalized spacial score (nSPS) is 11.3. The second-order valence-electron chi connectivity index (χ2n) is 4.47. The van der Waals surface area contributed by atoms with Crippen molar-refractivity contribution in [3.63, 3.8) is 0 Å². The van der Waals surface area contributed by atoms with E-state index in [1.807, 2.05) is 40.9 Å². The number of rotatable bonds is 5. The summed E-state index contributed by atoms with van der Waals surface area (Å²) in [4.78, 5) is 0. The van der Waals surface area contributed by atoms with Gasteiger partial charge in [0.15, 0.2) is 0 Å². The molecule has 17 heavy (non-hydrogen) atoms. The molecule has 0 aliphatic carbocycles. The smallest absolute Gasteiger partial charge is 0.0762 e. The first-order chi connectivity index (χ1) is 8.15. The Labute approximate surface area is 101 Å². The first-order valence-electron chi connectivity index (χ1n) is 5.88. The minimum Gasteiger partial charge on any atom is -0.305 e. The first-order valence-corrected chi connectivity index (χ1v) is 5.88. The van der Waals surface area contributed by atoms with Gasteiger partial charge < -0.3 is 5.32 Å². The number of aryl methyl sites for hydroxylation is 1. The standard InChI is InChI=1S/C12H19N5/c1-10(2)17-7-5-12(15-17)9-13-8-11-4-6-16(3)14-11/h4-7,10,13H,8-9H2,1-3H3. The van der Waals surface area contributed by atoms with Crippen LogP contribution >= 0.6 is 0 Å². The Kier molecular flexibility index (Phi) is 3.58. The highest BCUT2D eigenvalue weighted by Crippen LogP contribution is 2.04. The highest BCUT2D eigenvalue weighted by molar-refractivity contribution is 5.01. The summed E-state index contributed by atoms with van der Waals surface area (Å²) < 4.78 is 3.78. The van der Waals surface area contributed by atoms with Gasteiger partial charge in [-0.05, 0) is 26.0 Å². The fourth-order valence-corrected chi connectivity index (χ4v) is 1.64. The molecule has 0 aliphatic heterocycles. The van der Waals surface area contributed by atoms with Crippen LogP contribution in [0, 0.1) is 0 Å². The predicted molar refractivity (Wildman–Crippen MR) is 66.4 cm³/mol. The number of aromatic nitrogens is 4. The van der Waals surface area contributed by atoms with Gasteiger partial charge in [-0.15, -0.1) is 0 Å². The second kappa shape index (κ2) is 5.14. The van der Waals surface area contributed by atoms with Crippen molar-refractivity contribution in [2.75, 3.05) is 0 Å². The molecule has 2 rings (SSSR count). The van der Waals surface area contributed by atoms with Crippen LogP contribution in [-0.2, 0) is 20.1 Å². The summed E-state index contributed by atoms with van der Waals surface area (Å²) in [6.07, 6.45) is 3.97. The Morgan fingerprint density at radius 3 is 2.29 bits per heavy atom. The first kappa shape index (κ1) is 11.9.